The van der Waals surface area contributed by atoms with Gasteiger partial charge < -0.3 is 10.5 Å². The van der Waals surface area contributed by atoms with E-state index >= 15 is 0 Å². The smallest absolute Gasteiger partial charge is 0.0491 e. The van der Waals surface area contributed by atoms with E-state index in [1.807, 2.05) is 0 Å². The lowest BCUT2D eigenvalue weighted by atomic mass is 9.96. The number of likely N-dealkylation sites (tertiary alicyclic amines) is 1. The van der Waals surface area contributed by atoms with E-state index in [2.05, 4.69) is 11.8 Å². The van der Waals surface area contributed by atoms with Crippen LogP contribution in [0.2, 0.25) is 0 Å². The zero-order valence-corrected chi connectivity index (χ0v) is 10.2. The Hall–Kier alpha value is -0.120. The van der Waals surface area contributed by atoms with Crippen molar-refractivity contribution in [3.63, 3.8) is 0 Å². The van der Waals surface area contributed by atoms with Gasteiger partial charge in [-0.05, 0) is 38.3 Å². The van der Waals surface area contributed by atoms with Crippen LogP contribution in [0.15, 0.2) is 0 Å². The van der Waals surface area contributed by atoms with Crippen LogP contribution in [0.1, 0.15) is 32.6 Å². The van der Waals surface area contributed by atoms with Crippen LogP contribution in [-0.4, -0.2) is 44.3 Å². The molecule has 0 radical (unpaired) electrons. The molecule has 15 heavy (non-hydrogen) atoms. The minimum absolute atomic E-state index is 0.610. The molecule has 0 spiro atoms. The average molecular weight is 214 g/mol. The highest BCUT2D eigenvalue weighted by Crippen LogP contribution is 2.20. The number of nitrogens with zero attached hydrogens (tertiary/aromatic N) is 1. The van der Waals surface area contributed by atoms with Crippen molar-refractivity contribution in [1.29, 1.82) is 0 Å². The van der Waals surface area contributed by atoms with E-state index in [4.69, 9.17) is 10.5 Å². The summed E-state index contributed by atoms with van der Waals surface area (Å²) in [7, 11) is 1.80. The van der Waals surface area contributed by atoms with Crippen LogP contribution in [0.3, 0.4) is 0 Å². The number of rotatable bonds is 6. The number of nitrogens with two attached hydrogens (primary N) is 1. The van der Waals surface area contributed by atoms with E-state index in [-0.39, 0.29) is 0 Å². The maximum atomic E-state index is 5.82. The summed E-state index contributed by atoms with van der Waals surface area (Å²) in [5, 5.41) is 0. The van der Waals surface area contributed by atoms with E-state index in [1.165, 1.54) is 38.8 Å². The van der Waals surface area contributed by atoms with Gasteiger partial charge in [0.25, 0.3) is 0 Å². The maximum Gasteiger partial charge on any atom is 0.0491 e. The molecule has 0 bridgehead atoms. The van der Waals surface area contributed by atoms with Gasteiger partial charge in [0.15, 0.2) is 0 Å². The molecule has 0 amide bonds. The summed E-state index contributed by atoms with van der Waals surface area (Å²) in [6.45, 7) is 6.38. The summed E-state index contributed by atoms with van der Waals surface area (Å²) in [6, 6.07) is 0.610. The minimum atomic E-state index is 0.610. The molecule has 0 aromatic carbocycles. The lowest BCUT2D eigenvalue weighted by Crippen LogP contribution is -2.45. The molecule has 1 saturated heterocycles. The van der Waals surface area contributed by atoms with Gasteiger partial charge in [-0.2, -0.15) is 0 Å². The van der Waals surface area contributed by atoms with Crippen molar-refractivity contribution in [3.8, 4) is 0 Å². The van der Waals surface area contributed by atoms with Crippen LogP contribution in [0, 0.1) is 5.92 Å². The van der Waals surface area contributed by atoms with Gasteiger partial charge in [-0.3, -0.25) is 4.90 Å². The average Bonchev–Trinajstić information content (AvgIpc) is 2.28. The van der Waals surface area contributed by atoms with Gasteiger partial charge in [0.1, 0.15) is 0 Å². The fourth-order valence-electron chi connectivity index (χ4n) is 2.50. The Morgan fingerprint density at radius 2 is 2.07 bits per heavy atom. The van der Waals surface area contributed by atoms with Crippen molar-refractivity contribution >= 4 is 0 Å². The van der Waals surface area contributed by atoms with Gasteiger partial charge in [0.05, 0.1) is 0 Å². The molecule has 0 aromatic heterocycles. The SMILES string of the molecule is CCCC(CN)N1CCC(COC)CC1. The molecule has 3 nitrogen and oxygen atoms in total. The van der Waals surface area contributed by atoms with Crippen molar-refractivity contribution < 1.29 is 4.74 Å². The molecule has 0 saturated carbocycles. The monoisotopic (exact) mass is 214 g/mol. The molecular formula is C12H26N2O. The first-order chi connectivity index (χ1) is 7.31. The molecule has 1 atom stereocenters. The fraction of sp³-hybridized carbons (Fsp3) is 1.00. The Morgan fingerprint density at radius 1 is 1.40 bits per heavy atom. The highest BCUT2D eigenvalue weighted by molar-refractivity contribution is 4.78. The third kappa shape index (κ3) is 4.09. The summed E-state index contributed by atoms with van der Waals surface area (Å²) in [5.41, 5.74) is 5.82. The fourth-order valence-corrected chi connectivity index (χ4v) is 2.50. The second kappa shape index (κ2) is 7.20. The van der Waals surface area contributed by atoms with Crippen LogP contribution in [0.4, 0.5) is 0 Å². The van der Waals surface area contributed by atoms with Crippen molar-refractivity contribution in [2.45, 2.75) is 38.6 Å². The lowest BCUT2D eigenvalue weighted by molar-refractivity contribution is 0.0788. The van der Waals surface area contributed by atoms with Gasteiger partial charge in [-0.25, -0.2) is 0 Å². The maximum absolute atomic E-state index is 5.82. The van der Waals surface area contributed by atoms with Gasteiger partial charge >= 0.3 is 0 Å². The predicted molar refractivity (Wildman–Crippen MR) is 63.9 cm³/mol. The first-order valence-electron chi connectivity index (χ1n) is 6.24. The first-order valence-corrected chi connectivity index (χ1v) is 6.24. The highest BCUT2D eigenvalue weighted by Gasteiger charge is 2.23. The number of piperidine rings is 1. The minimum Gasteiger partial charge on any atom is -0.384 e. The quantitative estimate of drug-likeness (QED) is 0.728. The summed E-state index contributed by atoms with van der Waals surface area (Å²) in [4.78, 5) is 2.57. The van der Waals surface area contributed by atoms with Crippen LogP contribution in [0.5, 0.6) is 0 Å². The van der Waals surface area contributed by atoms with E-state index in [0.29, 0.717) is 6.04 Å². The van der Waals surface area contributed by atoms with Gasteiger partial charge in [-0.1, -0.05) is 13.3 Å². The van der Waals surface area contributed by atoms with Crippen LogP contribution in [0.25, 0.3) is 0 Å². The Balaban J connectivity index is 2.28. The third-order valence-electron chi connectivity index (χ3n) is 3.46. The van der Waals surface area contributed by atoms with E-state index in [9.17, 15) is 0 Å². The van der Waals surface area contributed by atoms with Crippen molar-refractivity contribution in [3.05, 3.63) is 0 Å². The third-order valence-corrected chi connectivity index (χ3v) is 3.46. The lowest BCUT2D eigenvalue weighted by Gasteiger charge is -2.37. The molecule has 3 heteroatoms. The standard InChI is InChI=1S/C12H26N2O/c1-3-4-12(9-13)14-7-5-11(6-8-14)10-15-2/h11-12H,3-10,13H2,1-2H3. The molecule has 2 N–H and O–H groups in total. The van der Waals surface area contributed by atoms with Gasteiger partial charge in [-0.15, -0.1) is 0 Å². The molecule has 1 aliphatic rings. The Morgan fingerprint density at radius 3 is 2.53 bits per heavy atom. The Labute approximate surface area is 94.0 Å². The molecule has 90 valence electrons. The molecule has 0 aromatic rings. The van der Waals surface area contributed by atoms with Crippen LogP contribution >= 0.6 is 0 Å². The Kier molecular flexibility index (Phi) is 6.22. The topological polar surface area (TPSA) is 38.5 Å². The Bertz CT molecular complexity index is 156. The van der Waals surface area contributed by atoms with E-state index < -0.39 is 0 Å². The first kappa shape index (κ1) is 12.9. The summed E-state index contributed by atoms with van der Waals surface area (Å²) < 4.78 is 5.21. The van der Waals surface area contributed by atoms with Crippen molar-refractivity contribution in [1.82, 2.24) is 4.90 Å². The molecular weight excluding hydrogens is 188 g/mol. The number of ether oxygens (including phenoxy) is 1. The van der Waals surface area contributed by atoms with Crippen LogP contribution < -0.4 is 5.73 Å². The normalized spacial score (nSPS) is 21.8. The highest BCUT2D eigenvalue weighted by atomic mass is 16.5. The number of methoxy groups -OCH3 is 1. The molecule has 1 aliphatic heterocycles. The number of hydrogen-bond acceptors (Lipinski definition) is 3. The summed E-state index contributed by atoms with van der Waals surface area (Å²) >= 11 is 0. The van der Waals surface area contributed by atoms with E-state index in [0.717, 1.165) is 19.1 Å². The van der Waals surface area contributed by atoms with Gasteiger partial charge in [0.2, 0.25) is 0 Å². The summed E-state index contributed by atoms with van der Waals surface area (Å²) in [6.07, 6.45) is 5.02. The van der Waals surface area contributed by atoms with Crippen LogP contribution in [-0.2, 0) is 4.74 Å². The largest absolute Gasteiger partial charge is 0.384 e. The zero-order chi connectivity index (χ0) is 11.1. The van der Waals surface area contributed by atoms with E-state index in [1.54, 1.807) is 7.11 Å². The number of hydrogen-bond donors (Lipinski definition) is 1. The van der Waals surface area contributed by atoms with Gasteiger partial charge in [0, 0.05) is 26.3 Å². The second-order valence-electron chi connectivity index (χ2n) is 4.61. The predicted octanol–water partition coefficient (Wildman–Crippen LogP) is 1.47. The molecule has 1 rings (SSSR count). The molecule has 1 fully saturated rings. The van der Waals surface area contributed by atoms with Crippen molar-refractivity contribution in [2.75, 3.05) is 33.4 Å². The second-order valence-corrected chi connectivity index (χ2v) is 4.61. The summed E-state index contributed by atoms with van der Waals surface area (Å²) in [5.74, 6) is 0.770. The molecule has 0 aliphatic carbocycles. The molecule has 1 unspecified atom stereocenters. The zero-order valence-electron chi connectivity index (χ0n) is 10.2. The molecule has 1 heterocycles. The van der Waals surface area contributed by atoms with Crippen molar-refractivity contribution in [2.24, 2.45) is 11.7 Å².